The van der Waals surface area contributed by atoms with Gasteiger partial charge in [0.25, 0.3) is 0 Å². The minimum Gasteiger partial charge on any atom is -0.370 e. The van der Waals surface area contributed by atoms with Crippen LogP contribution in [0.15, 0.2) is 11.2 Å². The normalized spacial score (nSPS) is 15.1. The molecule has 0 bridgehead atoms. The number of amides is 1. The van der Waals surface area contributed by atoms with E-state index in [-0.39, 0.29) is 0 Å². The number of anilines is 1. The summed E-state index contributed by atoms with van der Waals surface area (Å²) in [4.78, 5) is 22.1. The van der Waals surface area contributed by atoms with Crippen LogP contribution in [0.3, 0.4) is 0 Å². The third kappa shape index (κ3) is 4.09. The fourth-order valence-electron chi connectivity index (χ4n) is 2.15. The van der Waals surface area contributed by atoms with Crippen molar-refractivity contribution in [1.29, 1.82) is 0 Å². The zero-order chi connectivity index (χ0) is 13.7. The van der Waals surface area contributed by atoms with Crippen LogP contribution >= 0.6 is 11.8 Å². The molecule has 0 atom stereocenters. The second-order valence-corrected chi connectivity index (χ2v) is 5.42. The van der Waals surface area contributed by atoms with E-state index in [1.807, 2.05) is 24.1 Å². The fraction of sp³-hybridized carbons (Fsp3) is 0.615. The summed E-state index contributed by atoms with van der Waals surface area (Å²) in [6, 6.07) is 1.95. The van der Waals surface area contributed by atoms with Crippen LogP contribution in [0.5, 0.6) is 0 Å². The van der Waals surface area contributed by atoms with E-state index in [1.165, 1.54) is 0 Å². The van der Waals surface area contributed by atoms with E-state index in [2.05, 4.69) is 15.3 Å². The van der Waals surface area contributed by atoms with Crippen LogP contribution in [0, 0.1) is 6.92 Å². The number of carbonyl (C=O) groups is 1. The molecule has 0 radical (unpaired) electrons. The Bertz CT molecular complexity index is 452. The van der Waals surface area contributed by atoms with E-state index in [0.717, 1.165) is 55.6 Å². The van der Waals surface area contributed by atoms with Crippen molar-refractivity contribution in [3.05, 3.63) is 11.8 Å². The van der Waals surface area contributed by atoms with E-state index in [4.69, 9.17) is 0 Å². The van der Waals surface area contributed by atoms with Gasteiger partial charge in [-0.25, -0.2) is 9.97 Å². The Morgan fingerprint density at radius 2 is 2.32 bits per heavy atom. The Balaban J connectivity index is 1.76. The van der Waals surface area contributed by atoms with Gasteiger partial charge >= 0.3 is 0 Å². The molecule has 1 amide bonds. The molecule has 1 saturated heterocycles. The molecule has 2 heterocycles. The second kappa shape index (κ2) is 6.75. The topological polar surface area (TPSA) is 58.1 Å². The molecular formula is C13H20N4OS. The predicted molar refractivity (Wildman–Crippen MR) is 77.5 cm³/mol. The van der Waals surface area contributed by atoms with Gasteiger partial charge in [-0.3, -0.25) is 4.79 Å². The number of aromatic nitrogens is 2. The van der Waals surface area contributed by atoms with Gasteiger partial charge in [0.15, 0.2) is 5.16 Å². The van der Waals surface area contributed by atoms with Gasteiger partial charge < -0.3 is 10.2 Å². The molecule has 1 N–H and O–H groups in total. The number of nitrogens with one attached hydrogen (secondary N) is 1. The summed E-state index contributed by atoms with van der Waals surface area (Å²) < 4.78 is 0. The number of likely N-dealkylation sites (tertiary alicyclic amines) is 1. The van der Waals surface area contributed by atoms with Crippen LogP contribution in [0.1, 0.15) is 25.0 Å². The highest BCUT2D eigenvalue weighted by atomic mass is 32.2. The first-order valence-electron chi connectivity index (χ1n) is 6.60. The molecule has 0 aromatic carbocycles. The van der Waals surface area contributed by atoms with Crippen LogP contribution in [-0.2, 0) is 4.79 Å². The maximum absolute atomic E-state index is 11.4. The lowest BCUT2D eigenvalue weighted by atomic mass is 10.3. The Labute approximate surface area is 118 Å². The molecule has 1 fully saturated rings. The summed E-state index contributed by atoms with van der Waals surface area (Å²) in [5.41, 5.74) is 0.969. The van der Waals surface area contributed by atoms with E-state index in [9.17, 15) is 4.79 Å². The summed E-state index contributed by atoms with van der Waals surface area (Å²) in [7, 11) is 0. The molecule has 0 unspecified atom stereocenters. The van der Waals surface area contributed by atoms with Gasteiger partial charge in [0.2, 0.25) is 5.91 Å². The molecule has 104 valence electrons. The Hall–Kier alpha value is -1.30. The number of hydrogen-bond acceptors (Lipinski definition) is 5. The first-order chi connectivity index (χ1) is 9.19. The van der Waals surface area contributed by atoms with Crippen LogP contribution < -0.4 is 5.32 Å². The first-order valence-corrected chi connectivity index (χ1v) is 7.83. The standard InChI is InChI=1S/C13H20N4OS/c1-10-9-11(16-13(15-10)19-2)14-6-4-8-17-7-3-5-12(17)18/h9H,3-8H2,1-2H3,(H,14,15,16). The monoisotopic (exact) mass is 280 g/mol. The Morgan fingerprint density at radius 1 is 1.47 bits per heavy atom. The molecular weight excluding hydrogens is 260 g/mol. The maximum atomic E-state index is 11.4. The first kappa shape index (κ1) is 14.1. The average Bonchev–Trinajstić information content (AvgIpc) is 2.80. The number of aryl methyl sites for hydroxylation is 1. The van der Waals surface area contributed by atoms with Gasteiger partial charge in [0, 0.05) is 37.8 Å². The molecule has 6 heteroatoms. The van der Waals surface area contributed by atoms with Gasteiger partial charge in [-0.15, -0.1) is 0 Å². The fourth-order valence-corrected chi connectivity index (χ4v) is 2.57. The van der Waals surface area contributed by atoms with Crippen LogP contribution in [0.25, 0.3) is 0 Å². The van der Waals surface area contributed by atoms with E-state index in [0.29, 0.717) is 5.91 Å². The lowest BCUT2D eigenvalue weighted by molar-refractivity contribution is -0.127. The number of nitrogens with zero attached hydrogens (tertiary/aromatic N) is 3. The van der Waals surface area contributed by atoms with Gasteiger partial charge in [-0.2, -0.15) is 0 Å². The predicted octanol–water partition coefficient (Wildman–Crippen LogP) is 1.93. The zero-order valence-electron chi connectivity index (χ0n) is 11.5. The third-order valence-corrected chi connectivity index (χ3v) is 3.65. The number of rotatable bonds is 6. The van der Waals surface area contributed by atoms with Crippen LogP contribution in [-0.4, -0.2) is 46.7 Å². The number of thioether (sulfide) groups is 1. The highest BCUT2D eigenvalue weighted by Crippen LogP contribution is 2.14. The van der Waals surface area contributed by atoms with Crippen molar-refractivity contribution in [2.45, 2.75) is 31.3 Å². The molecule has 1 aromatic heterocycles. The van der Waals surface area contributed by atoms with Crippen molar-refractivity contribution >= 4 is 23.5 Å². The van der Waals surface area contributed by atoms with E-state index in [1.54, 1.807) is 11.8 Å². The summed E-state index contributed by atoms with van der Waals surface area (Å²) in [6.07, 6.45) is 4.64. The van der Waals surface area contributed by atoms with Crippen molar-refractivity contribution < 1.29 is 4.79 Å². The molecule has 1 aliphatic heterocycles. The number of hydrogen-bond donors (Lipinski definition) is 1. The Morgan fingerprint density at radius 3 is 3.00 bits per heavy atom. The molecule has 0 aliphatic carbocycles. The third-order valence-electron chi connectivity index (χ3n) is 3.10. The van der Waals surface area contributed by atoms with Crippen LogP contribution in [0.4, 0.5) is 5.82 Å². The molecule has 1 aromatic rings. The number of carbonyl (C=O) groups excluding carboxylic acids is 1. The second-order valence-electron chi connectivity index (χ2n) is 4.65. The largest absolute Gasteiger partial charge is 0.370 e. The summed E-state index contributed by atoms with van der Waals surface area (Å²) in [6.45, 7) is 4.55. The van der Waals surface area contributed by atoms with Gasteiger partial charge in [0.05, 0.1) is 0 Å². The molecule has 0 spiro atoms. The average molecular weight is 280 g/mol. The summed E-state index contributed by atoms with van der Waals surface area (Å²) >= 11 is 1.54. The van der Waals surface area contributed by atoms with Gasteiger partial charge in [-0.1, -0.05) is 11.8 Å². The Kier molecular flexibility index (Phi) is 5.01. The van der Waals surface area contributed by atoms with Crippen molar-refractivity contribution in [3.8, 4) is 0 Å². The minimum absolute atomic E-state index is 0.294. The molecule has 2 rings (SSSR count). The minimum atomic E-state index is 0.294. The summed E-state index contributed by atoms with van der Waals surface area (Å²) in [5.74, 6) is 1.16. The van der Waals surface area contributed by atoms with Gasteiger partial charge in [0.1, 0.15) is 5.82 Å². The highest BCUT2D eigenvalue weighted by Gasteiger charge is 2.18. The molecule has 5 nitrogen and oxygen atoms in total. The highest BCUT2D eigenvalue weighted by molar-refractivity contribution is 7.98. The lowest BCUT2D eigenvalue weighted by Crippen LogP contribution is -2.27. The van der Waals surface area contributed by atoms with E-state index < -0.39 is 0 Å². The van der Waals surface area contributed by atoms with Crippen molar-refractivity contribution in [2.24, 2.45) is 0 Å². The van der Waals surface area contributed by atoms with Crippen molar-refractivity contribution in [3.63, 3.8) is 0 Å². The molecule has 0 saturated carbocycles. The van der Waals surface area contributed by atoms with Crippen molar-refractivity contribution in [1.82, 2.24) is 14.9 Å². The smallest absolute Gasteiger partial charge is 0.222 e. The SMILES string of the molecule is CSc1nc(C)cc(NCCCN2CCCC2=O)n1. The van der Waals surface area contributed by atoms with E-state index >= 15 is 0 Å². The van der Waals surface area contributed by atoms with Crippen molar-refractivity contribution in [2.75, 3.05) is 31.2 Å². The quantitative estimate of drug-likeness (QED) is 0.490. The maximum Gasteiger partial charge on any atom is 0.222 e. The molecule has 1 aliphatic rings. The van der Waals surface area contributed by atoms with Gasteiger partial charge in [-0.05, 0) is 26.0 Å². The van der Waals surface area contributed by atoms with Crippen LogP contribution in [0.2, 0.25) is 0 Å². The lowest BCUT2D eigenvalue weighted by Gasteiger charge is -2.15. The summed E-state index contributed by atoms with van der Waals surface area (Å²) in [5, 5.41) is 4.09. The zero-order valence-corrected chi connectivity index (χ0v) is 12.3. The molecule has 19 heavy (non-hydrogen) atoms.